The second-order valence-electron chi connectivity index (χ2n) is 3.89. The summed E-state index contributed by atoms with van der Waals surface area (Å²) in [6.45, 7) is 1.51. The first kappa shape index (κ1) is 10.9. The van der Waals surface area contributed by atoms with E-state index in [0.717, 1.165) is 5.75 Å². The van der Waals surface area contributed by atoms with Crippen LogP contribution in [-0.2, 0) is 5.60 Å². The Hall–Kier alpha value is -0.610. The quantitative estimate of drug-likeness (QED) is 0.800. The van der Waals surface area contributed by atoms with Crippen molar-refractivity contribution in [3.8, 4) is 0 Å². The van der Waals surface area contributed by atoms with Crippen molar-refractivity contribution in [3.63, 3.8) is 0 Å². The van der Waals surface area contributed by atoms with Gasteiger partial charge in [-0.2, -0.15) is 11.8 Å². The standard InChI is InChI=1S/C11H12F2OS/c1-7-2-3-8(10(13)9(7)12)11(14)4-5-15-6-11/h2-3,14H,4-6H2,1H3. The number of thioether (sulfide) groups is 1. The minimum absolute atomic E-state index is 0.0931. The zero-order valence-corrected chi connectivity index (χ0v) is 9.20. The largest absolute Gasteiger partial charge is 0.384 e. The van der Waals surface area contributed by atoms with Crippen molar-refractivity contribution in [1.82, 2.24) is 0 Å². The lowest BCUT2D eigenvalue weighted by atomic mass is 9.92. The molecule has 0 aromatic heterocycles. The number of hydrogen-bond donors (Lipinski definition) is 1. The molecule has 1 unspecified atom stereocenters. The molecule has 1 saturated heterocycles. The van der Waals surface area contributed by atoms with Gasteiger partial charge in [0.05, 0.1) is 0 Å². The average molecular weight is 230 g/mol. The Labute approximate surface area is 91.5 Å². The predicted molar refractivity (Wildman–Crippen MR) is 56.9 cm³/mol. The molecule has 1 nitrogen and oxygen atoms in total. The first-order chi connectivity index (χ1) is 7.04. The van der Waals surface area contributed by atoms with E-state index in [4.69, 9.17) is 0 Å². The number of aliphatic hydroxyl groups is 1. The van der Waals surface area contributed by atoms with Gasteiger partial charge in [0.1, 0.15) is 5.60 Å². The summed E-state index contributed by atoms with van der Waals surface area (Å²) in [6, 6.07) is 2.99. The van der Waals surface area contributed by atoms with Crippen molar-refractivity contribution >= 4 is 11.8 Å². The van der Waals surface area contributed by atoms with Gasteiger partial charge in [0, 0.05) is 11.3 Å². The molecule has 0 spiro atoms. The molecule has 1 heterocycles. The van der Waals surface area contributed by atoms with Gasteiger partial charge in [-0.05, 0) is 24.7 Å². The van der Waals surface area contributed by atoms with Gasteiger partial charge in [0.15, 0.2) is 11.6 Å². The van der Waals surface area contributed by atoms with E-state index in [1.165, 1.54) is 19.1 Å². The zero-order chi connectivity index (χ0) is 11.1. The van der Waals surface area contributed by atoms with Crippen molar-refractivity contribution in [2.45, 2.75) is 18.9 Å². The van der Waals surface area contributed by atoms with E-state index in [2.05, 4.69) is 0 Å². The molecule has 0 aliphatic carbocycles. The van der Waals surface area contributed by atoms with Crippen molar-refractivity contribution < 1.29 is 13.9 Å². The fraction of sp³-hybridized carbons (Fsp3) is 0.455. The summed E-state index contributed by atoms with van der Waals surface area (Å²) in [5.41, 5.74) is -0.829. The molecule has 2 rings (SSSR count). The highest BCUT2D eigenvalue weighted by Crippen LogP contribution is 2.38. The first-order valence-electron chi connectivity index (χ1n) is 4.80. The maximum Gasteiger partial charge on any atom is 0.165 e. The number of halogens is 2. The van der Waals surface area contributed by atoms with Crippen LogP contribution in [0, 0.1) is 18.6 Å². The van der Waals surface area contributed by atoms with Crippen molar-refractivity contribution in [1.29, 1.82) is 0 Å². The third kappa shape index (κ3) is 1.76. The summed E-state index contributed by atoms with van der Waals surface area (Å²) in [7, 11) is 0. The molecule has 4 heteroatoms. The fourth-order valence-electron chi connectivity index (χ4n) is 1.77. The van der Waals surface area contributed by atoms with Crippen LogP contribution in [0.2, 0.25) is 0 Å². The van der Waals surface area contributed by atoms with Gasteiger partial charge in [-0.15, -0.1) is 0 Å². The lowest BCUT2D eigenvalue weighted by Crippen LogP contribution is -2.26. The van der Waals surface area contributed by atoms with Crippen LogP contribution in [0.4, 0.5) is 8.78 Å². The van der Waals surface area contributed by atoms with Crippen LogP contribution in [0.15, 0.2) is 12.1 Å². The lowest BCUT2D eigenvalue weighted by Gasteiger charge is -2.22. The highest BCUT2D eigenvalue weighted by atomic mass is 32.2. The van der Waals surface area contributed by atoms with Crippen LogP contribution >= 0.6 is 11.8 Å². The fourth-order valence-corrected chi connectivity index (χ4v) is 3.04. The Bertz CT molecular complexity index is 386. The Morgan fingerprint density at radius 1 is 1.33 bits per heavy atom. The zero-order valence-electron chi connectivity index (χ0n) is 8.39. The molecular weight excluding hydrogens is 218 g/mol. The van der Waals surface area contributed by atoms with Gasteiger partial charge in [-0.1, -0.05) is 12.1 Å². The van der Waals surface area contributed by atoms with Gasteiger partial charge in [-0.25, -0.2) is 8.78 Å². The number of hydrogen-bond acceptors (Lipinski definition) is 2. The molecule has 0 radical (unpaired) electrons. The molecule has 1 fully saturated rings. The highest BCUT2D eigenvalue weighted by molar-refractivity contribution is 7.99. The monoisotopic (exact) mass is 230 g/mol. The number of aryl methyl sites for hydroxylation is 1. The average Bonchev–Trinajstić information content (AvgIpc) is 2.62. The van der Waals surface area contributed by atoms with Gasteiger partial charge in [-0.3, -0.25) is 0 Å². The van der Waals surface area contributed by atoms with E-state index in [-0.39, 0.29) is 11.1 Å². The van der Waals surface area contributed by atoms with Crippen LogP contribution in [0.25, 0.3) is 0 Å². The topological polar surface area (TPSA) is 20.2 Å². The van der Waals surface area contributed by atoms with E-state index >= 15 is 0 Å². The smallest absolute Gasteiger partial charge is 0.165 e. The molecular formula is C11H12F2OS. The molecule has 1 aromatic carbocycles. The van der Waals surface area contributed by atoms with Gasteiger partial charge < -0.3 is 5.11 Å². The normalized spacial score (nSPS) is 25.9. The lowest BCUT2D eigenvalue weighted by molar-refractivity contribution is 0.0610. The SMILES string of the molecule is Cc1ccc(C2(O)CCSC2)c(F)c1F. The summed E-state index contributed by atoms with van der Waals surface area (Å²) in [4.78, 5) is 0. The summed E-state index contributed by atoms with van der Waals surface area (Å²) in [6.07, 6.45) is 0.483. The Morgan fingerprint density at radius 3 is 2.67 bits per heavy atom. The minimum Gasteiger partial charge on any atom is -0.384 e. The molecule has 1 N–H and O–H groups in total. The van der Waals surface area contributed by atoms with E-state index < -0.39 is 17.2 Å². The van der Waals surface area contributed by atoms with Crippen LogP contribution in [0.5, 0.6) is 0 Å². The molecule has 1 aromatic rings. The second-order valence-corrected chi connectivity index (χ2v) is 5.00. The molecule has 1 atom stereocenters. The van der Waals surface area contributed by atoms with Gasteiger partial charge in [0.25, 0.3) is 0 Å². The minimum atomic E-state index is -1.19. The maximum absolute atomic E-state index is 13.6. The molecule has 1 aliphatic rings. The van der Waals surface area contributed by atoms with Crippen LogP contribution in [0.1, 0.15) is 17.5 Å². The summed E-state index contributed by atoms with van der Waals surface area (Å²) >= 11 is 1.56. The van der Waals surface area contributed by atoms with E-state index in [1.54, 1.807) is 11.8 Å². The van der Waals surface area contributed by atoms with E-state index in [9.17, 15) is 13.9 Å². The third-order valence-corrected chi connectivity index (χ3v) is 3.95. The molecule has 15 heavy (non-hydrogen) atoms. The van der Waals surface area contributed by atoms with E-state index in [0.29, 0.717) is 12.2 Å². The van der Waals surface area contributed by atoms with Gasteiger partial charge >= 0.3 is 0 Å². The Balaban J connectivity index is 2.49. The van der Waals surface area contributed by atoms with Crippen molar-refractivity contribution in [3.05, 3.63) is 34.9 Å². The summed E-state index contributed by atoms with van der Waals surface area (Å²) in [5.74, 6) is -0.532. The second kappa shape index (κ2) is 3.76. The van der Waals surface area contributed by atoms with Crippen LogP contribution in [-0.4, -0.2) is 16.6 Å². The van der Waals surface area contributed by atoms with Crippen LogP contribution < -0.4 is 0 Å². The molecule has 0 amide bonds. The van der Waals surface area contributed by atoms with Crippen molar-refractivity contribution in [2.24, 2.45) is 0 Å². The van der Waals surface area contributed by atoms with E-state index in [1.807, 2.05) is 0 Å². The Morgan fingerprint density at radius 2 is 2.07 bits per heavy atom. The third-order valence-electron chi connectivity index (χ3n) is 2.78. The molecule has 1 aliphatic heterocycles. The van der Waals surface area contributed by atoms with Crippen LogP contribution in [0.3, 0.4) is 0 Å². The predicted octanol–water partition coefficient (Wildman–Crippen LogP) is 2.60. The first-order valence-corrected chi connectivity index (χ1v) is 5.95. The summed E-state index contributed by atoms with van der Waals surface area (Å²) in [5, 5.41) is 10.1. The number of rotatable bonds is 1. The molecule has 82 valence electrons. The Kier molecular flexibility index (Phi) is 2.73. The summed E-state index contributed by atoms with van der Waals surface area (Å²) < 4.78 is 26.9. The highest BCUT2D eigenvalue weighted by Gasteiger charge is 2.36. The molecule has 0 saturated carbocycles. The maximum atomic E-state index is 13.6. The van der Waals surface area contributed by atoms with Crippen molar-refractivity contribution in [2.75, 3.05) is 11.5 Å². The number of benzene rings is 1. The molecule has 0 bridgehead atoms. The van der Waals surface area contributed by atoms with Gasteiger partial charge in [0.2, 0.25) is 0 Å².